The van der Waals surface area contributed by atoms with Crippen molar-refractivity contribution in [3.63, 3.8) is 0 Å². The van der Waals surface area contributed by atoms with Gasteiger partial charge in [-0.1, -0.05) is 26.0 Å². The zero-order valence-corrected chi connectivity index (χ0v) is 22.8. The lowest BCUT2D eigenvalue weighted by Gasteiger charge is -2.40. The van der Waals surface area contributed by atoms with Gasteiger partial charge in [0.25, 0.3) is 0 Å². The maximum Gasteiger partial charge on any atom is 0.408 e. The van der Waals surface area contributed by atoms with E-state index < -0.39 is 29.8 Å². The Morgan fingerprint density at radius 2 is 1.89 bits per heavy atom. The first-order valence-electron chi connectivity index (χ1n) is 13.4. The molecule has 0 spiro atoms. The summed E-state index contributed by atoms with van der Waals surface area (Å²) in [7, 11) is 0. The van der Waals surface area contributed by atoms with E-state index in [9.17, 15) is 24.0 Å². The minimum atomic E-state index is -0.953. The van der Waals surface area contributed by atoms with Crippen molar-refractivity contribution in [3.8, 4) is 6.07 Å². The number of rotatable bonds is 7. The summed E-state index contributed by atoms with van der Waals surface area (Å²) in [6, 6.07) is 6.38. The number of hydrogen-bond acceptors (Lipinski definition) is 6. The highest BCUT2D eigenvalue weighted by molar-refractivity contribution is 5.88. The van der Waals surface area contributed by atoms with Crippen molar-refractivity contribution in [1.82, 2.24) is 20.0 Å². The molecule has 38 heavy (non-hydrogen) atoms. The van der Waals surface area contributed by atoms with Gasteiger partial charge < -0.3 is 19.9 Å². The summed E-state index contributed by atoms with van der Waals surface area (Å²) < 4.78 is 18.9. The van der Waals surface area contributed by atoms with Crippen LogP contribution < -0.4 is 5.32 Å². The van der Waals surface area contributed by atoms with Crippen LogP contribution in [0.5, 0.6) is 0 Å². The standard InChI is InChI=1S/C28H38FN5O4/c1-6-23(18-7-9-19(29)10-8-18)34-21-12-24(26(34)36)32(15-21)16-22(31-27(37)38-28(3,4)5)25(35)33-14-17(2)11-20(33)13-30/h7-10,17,20-24H,6,11-12,14-16H2,1-5H3,(H,31,37)/t17?,20?,21-,22?,23?,24?/m0/s1. The summed E-state index contributed by atoms with van der Waals surface area (Å²) in [5, 5.41) is 12.3. The van der Waals surface area contributed by atoms with Gasteiger partial charge in [0, 0.05) is 25.7 Å². The van der Waals surface area contributed by atoms with Gasteiger partial charge in [-0.25, -0.2) is 9.18 Å². The van der Waals surface area contributed by atoms with Crippen molar-refractivity contribution in [1.29, 1.82) is 5.26 Å². The average Bonchev–Trinajstić information content (AvgIpc) is 3.51. The number of halogens is 1. The number of fused-ring (bicyclic) bond motifs is 2. The molecular weight excluding hydrogens is 489 g/mol. The Balaban J connectivity index is 1.50. The maximum atomic E-state index is 13.6. The van der Waals surface area contributed by atoms with E-state index in [0.717, 1.165) is 5.56 Å². The van der Waals surface area contributed by atoms with Crippen LogP contribution in [0.15, 0.2) is 24.3 Å². The van der Waals surface area contributed by atoms with Gasteiger partial charge in [0.1, 0.15) is 23.5 Å². The van der Waals surface area contributed by atoms with Crippen LogP contribution in [-0.2, 0) is 14.3 Å². The Bertz CT molecular complexity index is 1100. The molecule has 3 aliphatic rings. The zero-order valence-electron chi connectivity index (χ0n) is 22.8. The number of piperazine rings is 1. The highest BCUT2D eigenvalue weighted by Gasteiger charge is 2.52. The summed E-state index contributed by atoms with van der Waals surface area (Å²) >= 11 is 0. The van der Waals surface area contributed by atoms with Gasteiger partial charge in [-0.05, 0) is 63.6 Å². The van der Waals surface area contributed by atoms with E-state index in [1.165, 1.54) is 17.0 Å². The molecule has 9 nitrogen and oxygen atoms in total. The Labute approximate surface area is 223 Å². The Morgan fingerprint density at radius 1 is 1.21 bits per heavy atom. The molecule has 1 aromatic carbocycles. The lowest BCUT2D eigenvalue weighted by molar-refractivity contribution is -0.141. The van der Waals surface area contributed by atoms with Gasteiger partial charge in [-0.2, -0.15) is 5.26 Å². The van der Waals surface area contributed by atoms with E-state index in [-0.39, 0.29) is 42.2 Å². The molecular formula is C28H38FN5O4. The van der Waals surface area contributed by atoms with E-state index >= 15 is 0 Å². The topological polar surface area (TPSA) is 106 Å². The maximum absolute atomic E-state index is 13.6. The van der Waals surface area contributed by atoms with Gasteiger partial charge in [-0.3, -0.25) is 14.5 Å². The molecule has 1 N–H and O–H groups in total. The second kappa shape index (κ2) is 10.9. The number of alkyl carbamates (subject to hydrolysis) is 1. The van der Waals surface area contributed by atoms with Crippen LogP contribution >= 0.6 is 0 Å². The molecule has 3 heterocycles. The molecule has 206 valence electrons. The molecule has 3 aliphatic heterocycles. The van der Waals surface area contributed by atoms with Crippen LogP contribution in [0.3, 0.4) is 0 Å². The molecule has 0 aliphatic carbocycles. The highest BCUT2D eigenvalue weighted by atomic mass is 19.1. The van der Waals surface area contributed by atoms with Gasteiger partial charge in [0.15, 0.2) is 0 Å². The number of benzene rings is 1. The SMILES string of the molecule is CCC(c1ccc(F)cc1)N1C(=O)C2C[C@H]1CN2CC(NC(=O)OC(C)(C)C)C(=O)N1CC(C)CC1C#N. The first-order chi connectivity index (χ1) is 17.9. The van der Waals surface area contributed by atoms with Gasteiger partial charge in [0.2, 0.25) is 11.8 Å². The van der Waals surface area contributed by atoms with Crippen LogP contribution in [-0.4, -0.2) is 82.0 Å². The van der Waals surface area contributed by atoms with Crippen molar-refractivity contribution in [3.05, 3.63) is 35.6 Å². The first-order valence-corrected chi connectivity index (χ1v) is 13.4. The predicted molar refractivity (Wildman–Crippen MR) is 138 cm³/mol. The normalized spacial score (nSPS) is 26.8. The van der Waals surface area contributed by atoms with Crippen LogP contribution in [0.4, 0.5) is 9.18 Å². The van der Waals surface area contributed by atoms with Gasteiger partial charge in [-0.15, -0.1) is 0 Å². The number of amides is 3. The molecule has 3 saturated heterocycles. The van der Waals surface area contributed by atoms with Gasteiger partial charge in [0.05, 0.1) is 18.2 Å². The van der Waals surface area contributed by atoms with Crippen molar-refractivity contribution >= 4 is 17.9 Å². The summed E-state index contributed by atoms with van der Waals surface area (Å²) in [4.78, 5) is 45.2. The molecule has 1 aromatic rings. The molecule has 2 bridgehead atoms. The molecule has 3 fully saturated rings. The van der Waals surface area contributed by atoms with Crippen molar-refractivity contribution in [2.24, 2.45) is 5.92 Å². The Hall–Kier alpha value is -3.19. The van der Waals surface area contributed by atoms with E-state index in [2.05, 4.69) is 11.4 Å². The summed E-state index contributed by atoms with van der Waals surface area (Å²) in [5.74, 6) is -0.494. The fourth-order valence-electron chi connectivity index (χ4n) is 6.06. The molecule has 0 saturated carbocycles. The fourth-order valence-corrected chi connectivity index (χ4v) is 6.06. The summed E-state index contributed by atoms with van der Waals surface area (Å²) in [6.45, 7) is 10.4. The molecule has 5 unspecified atom stereocenters. The fraction of sp³-hybridized carbons (Fsp3) is 0.643. The molecule has 3 amide bonds. The number of hydrogen-bond donors (Lipinski definition) is 1. The predicted octanol–water partition coefficient (Wildman–Crippen LogP) is 3.22. The smallest absolute Gasteiger partial charge is 0.408 e. The molecule has 10 heteroatoms. The minimum absolute atomic E-state index is 0.0226. The lowest BCUT2D eigenvalue weighted by Crippen LogP contribution is -2.59. The number of nitrogens with one attached hydrogen (secondary N) is 1. The second-order valence-corrected chi connectivity index (χ2v) is 11.8. The van der Waals surface area contributed by atoms with Crippen LogP contribution in [0, 0.1) is 23.1 Å². The number of ether oxygens (including phenoxy) is 1. The van der Waals surface area contributed by atoms with E-state index in [4.69, 9.17) is 4.74 Å². The Morgan fingerprint density at radius 3 is 2.47 bits per heavy atom. The number of carbonyl (C=O) groups excluding carboxylic acids is 3. The highest BCUT2D eigenvalue weighted by Crippen LogP contribution is 2.39. The number of nitrogens with zero attached hydrogens (tertiary/aromatic N) is 4. The van der Waals surface area contributed by atoms with Crippen LogP contribution in [0.25, 0.3) is 0 Å². The molecule has 6 atom stereocenters. The first kappa shape index (κ1) is 27.8. The zero-order chi connectivity index (χ0) is 27.8. The number of carbonyl (C=O) groups is 3. The number of likely N-dealkylation sites (tertiary alicyclic amines) is 3. The summed E-state index contributed by atoms with van der Waals surface area (Å²) in [5.41, 5.74) is 0.153. The largest absolute Gasteiger partial charge is 0.444 e. The molecule has 0 aromatic heterocycles. The Kier molecular flexibility index (Phi) is 7.98. The monoisotopic (exact) mass is 527 g/mol. The van der Waals surface area contributed by atoms with Gasteiger partial charge >= 0.3 is 6.09 Å². The molecule has 0 radical (unpaired) electrons. The number of nitriles is 1. The average molecular weight is 528 g/mol. The lowest BCUT2D eigenvalue weighted by atomic mass is 10.0. The third-order valence-corrected chi connectivity index (χ3v) is 7.64. The van der Waals surface area contributed by atoms with Crippen molar-refractivity contribution in [2.75, 3.05) is 19.6 Å². The van der Waals surface area contributed by atoms with Crippen molar-refractivity contribution in [2.45, 2.75) is 89.7 Å². The van der Waals surface area contributed by atoms with Crippen LogP contribution in [0.2, 0.25) is 0 Å². The van der Waals surface area contributed by atoms with Crippen LogP contribution in [0.1, 0.15) is 65.5 Å². The molecule has 4 rings (SSSR count). The van der Waals surface area contributed by atoms with E-state index in [0.29, 0.717) is 32.4 Å². The third-order valence-electron chi connectivity index (χ3n) is 7.64. The minimum Gasteiger partial charge on any atom is -0.444 e. The van der Waals surface area contributed by atoms with E-state index in [1.54, 1.807) is 32.9 Å². The quantitative estimate of drug-likeness (QED) is 0.584. The summed E-state index contributed by atoms with van der Waals surface area (Å²) in [6.07, 6.45) is 1.21. The second-order valence-electron chi connectivity index (χ2n) is 11.8. The van der Waals surface area contributed by atoms with E-state index in [1.807, 2.05) is 23.6 Å². The van der Waals surface area contributed by atoms with Crippen molar-refractivity contribution < 1.29 is 23.5 Å². The third kappa shape index (κ3) is 5.78.